The number of aliphatic hydroxyl groups is 2. The molecule has 7 rings (SSSR count). The maximum absolute atomic E-state index is 14.7. The number of hydrogen-bond donors (Lipinski definition) is 3. The van der Waals surface area contributed by atoms with E-state index in [-0.39, 0.29) is 56.7 Å². The summed E-state index contributed by atoms with van der Waals surface area (Å²) in [6, 6.07) is 9.82. The molecule has 14 nitrogen and oxygen atoms in total. The van der Waals surface area contributed by atoms with Crippen molar-refractivity contribution in [2.75, 3.05) is 46.8 Å². The van der Waals surface area contributed by atoms with Crippen molar-refractivity contribution >= 4 is 17.7 Å². The maximum Gasteiger partial charge on any atom is 0.412 e. The van der Waals surface area contributed by atoms with E-state index in [2.05, 4.69) is 18.0 Å². The number of benzene rings is 2. The number of unbranched alkanes of at least 4 members (excludes halogenated alkanes) is 2. The molecule has 314 valence electrons. The first kappa shape index (κ1) is 41.5. The average Bonchev–Trinajstić information content (AvgIpc) is 3.72. The number of carbonyl (C=O) groups excluding carboxylic acids is 2. The van der Waals surface area contributed by atoms with Crippen molar-refractivity contribution in [2.45, 2.75) is 95.2 Å². The van der Waals surface area contributed by atoms with Crippen LogP contribution in [0.3, 0.4) is 0 Å². The highest BCUT2D eigenvalue weighted by Gasteiger charge is 2.65. The van der Waals surface area contributed by atoms with Crippen LogP contribution >= 0.6 is 0 Å². The van der Waals surface area contributed by atoms with Crippen LogP contribution in [0.4, 0.5) is 4.79 Å². The highest BCUT2D eigenvalue weighted by atomic mass is 16.8. The van der Waals surface area contributed by atoms with E-state index in [1.807, 2.05) is 19.1 Å². The van der Waals surface area contributed by atoms with E-state index in [1.54, 1.807) is 42.3 Å². The molecule has 0 radical (unpaired) electrons. The van der Waals surface area contributed by atoms with Crippen LogP contribution in [0.15, 0.2) is 65.9 Å². The van der Waals surface area contributed by atoms with Crippen molar-refractivity contribution in [3.05, 3.63) is 71.8 Å². The minimum Gasteiger partial charge on any atom is -0.459 e. The van der Waals surface area contributed by atoms with E-state index in [1.165, 1.54) is 0 Å². The van der Waals surface area contributed by atoms with E-state index >= 15 is 0 Å². The fraction of sp³-hybridized carbons (Fsp3) is 0.568. The number of nitrogens with one attached hydrogen (secondary N) is 1. The quantitative estimate of drug-likeness (QED) is 0.0913. The standard InChI is InChI=1S/C44H57N3O11/c1-4-21-55-44-38(47(3)42(50)29-15-17-36-37(24-29)54-27-53-36)26-34(46-58-39-14-8-11-22-52-39)32-23-28(12-6-9-19-48)31(13-7-10-20-49)40(41(32)44)33-25-30(16-18-35(33)57-44)56-43(51)45-5-2/h4,15-18,23-25,28,31,38-41,48-49H,1,5-14,19-22,26-27H2,2-3H3,(H,45,51). The molecule has 2 aromatic rings. The molecular formula is C44H57N3O11. The molecule has 2 aromatic carbocycles. The Morgan fingerprint density at radius 1 is 1.03 bits per heavy atom. The van der Waals surface area contributed by atoms with Gasteiger partial charge in [-0.15, -0.1) is 6.58 Å². The van der Waals surface area contributed by atoms with Gasteiger partial charge in [-0.25, -0.2) is 4.79 Å². The Labute approximate surface area is 340 Å². The predicted octanol–water partition coefficient (Wildman–Crippen LogP) is 6.46. The third kappa shape index (κ3) is 8.56. The first-order chi connectivity index (χ1) is 28.3. The molecule has 1 saturated heterocycles. The summed E-state index contributed by atoms with van der Waals surface area (Å²) in [4.78, 5) is 35.2. The van der Waals surface area contributed by atoms with Crippen LogP contribution in [0.5, 0.6) is 23.0 Å². The highest BCUT2D eigenvalue weighted by molar-refractivity contribution is 6.03. The van der Waals surface area contributed by atoms with Gasteiger partial charge >= 0.3 is 6.09 Å². The SMILES string of the molecule is C=CCOC12Oc3ccc(OC(=O)NCC)cc3C3C(CCCCO)C(CCCCO)C=C(C(=NOC4CCCCO4)CC1N(C)C(=O)c1ccc4c(c1)OCO4)C32. The number of amides is 2. The Bertz CT molecular complexity index is 1840. The second kappa shape index (κ2) is 19.0. The molecule has 58 heavy (non-hydrogen) atoms. The summed E-state index contributed by atoms with van der Waals surface area (Å²) in [5.74, 6) is -0.487. The van der Waals surface area contributed by atoms with Crippen molar-refractivity contribution in [1.82, 2.24) is 10.2 Å². The number of ether oxygens (including phenoxy) is 6. The first-order valence-corrected chi connectivity index (χ1v) is 20.8. The van der Waals surface area contributed by atoms with Gasteiger partial charge in [0.05, 0.1) is 24.8 Å². The summed E-state index contributed by atoms with van der Waals surface area (Å²) in [5, 5.41) is 27.3. The first-order valence-electron chi connectivity index (χ1n) is 20.8. The van der Waals surface area contributed by atoms with E-state index < -0.39 is 30.1 Å². The van der Waals surface area contributed by atoms with Gasteiger partial charge < -0.3 is 53.7 Å². The number of nitrogens with zero attached hydrogens (tertiary/aromatic N) is 2. The van der Waals surface area contributed by atoms with Crippen molar-refractivity contribution in [1.29, 1.82) is 0 Å². The Balaban J connectivity index is 1.41. The number of fused-ring (bicyclic) bond motifs is 3. The minimum atomic E-state index is -1.44. The Kier molecular flexibility index (Phi) is 13.6. The molecule has 1 saturated carbocycles. The van der Waals surface area contributed by atoms with E-state index in [4.69, 9.17) is 38.4 Å². The van der Waals surface area contributed by atoms with Crippen LogP contribution in [0, 0.1) is 17.8 Å². The van der Waals surface area contributed by atoms with E-state index in [0.717, 1.165) is 49.7 Å². The topological polar surface area (TPSA) is 167 Å². The third-order valence-electron chi connectivity index (χ3n) is 12.0. The van der Waals surface area contributed by atoms with E-state index in [9.17, 15) is 19.8 Å². The molecule has 0 aromatic heterocycles. The summed E-state index contributed by atoms with van der Waals surface area (Å²) in [7, 11) is 1.75. The molecule has 2 amide bonds. The molecule has 0 spiro atoms. The molecule has 7 atom stereocenters. The monoisotopic (exact) mass is 803 g/mol. The number of allylic oxidation sites excluding steroid dienone is 1. The van der Waals surface area contributed by atoms with Crippen molar-refractivity contribution in [3.8, 4) is 23.0 Å². The van der Waals surface area contributed by atoms with Gasteiger partial charge in [0.1, 0.15) is 17.5 Å². The van der Waals surface area contributed by atoms with Crippen LogP contribution in [-0.2, 0) is 14.3 Å². The van der Waals surface area contributed by atoms with Gasteiger partial charge in [0, 0.05) is 56.7 Å². The van der Waals surface area contributed by atoms with Gasteiger partial charge in [-0.05, 0) is 99.3 Å². The lowest BCUT2D eigenvalue weighted by Crippen LogP contribution is -2.69. The number of aliphatic hydroxyl groups excluding tert-OH is 2. The number of carbonyl (C=O) groups is 2. The van der Waals surface area contributed by atoms with Crippen molar-refractivity contribution in [2.24, 2.45) is 22.9 Å². The Morgan fingerprint density at radius 3 is 2.59 bits per heavy atom. The van der Waals surface area contributed by atoms with Crippen LogP contribution in [0.1, 0.15) is 93.0 Å². The summed E-state index contributed by atoms with van der Waals surface area (Å²) in [5.41, 5.74) is 2.82. The number of hydrogen-bond acceptors (Lipinski definition) is 12. The summed E-state index contributed by atoms with van der Waals surface area (Å²) in [6.45, 7) is 7.18. The lowest BCUT2D eigenvalue weighted by Gasteiger charge is -2.59. The lowest BCUT2D eigenvalue weighted by molar-refractivity contribution is -0.252. The minimum absolute atomic E-state index is 0.00512. The maximum atomic E-state index is 14.7. The van der Waals surface area contributed by atoms with Gasteiger partial charge in [-0.2, -0.15) is 0 Å². The summed E-state index contributed by atoms with van der Waals surface area (Å²) >= 11 is 0. The molecule has 3 aliphatic heterocycles. The van der Waals surface area contributed by atoms with Crippen LogP contribution < -0.4 is 24.3 Å². The molecule has 2 aliphatic carbocycles. The molecular weight excluding hydrogens is 746 g/mol. The normalized spacial score (nSPS) is 27.4. The number of oxime groups is 1. The summed E-state index contributed by atoms with van der Waals surface area (Å²) in [6.07, 6.45) is 10.2. The Morgan fingerprint density at radius 2 is 1.83 bits per heavy atom. The lowest BCUT2D eigenvalue weighted by atomic mass is 9.55. The predicted molar refractivity (Wildman–Crippen MR) is 214 cm³/mol. The second-order valence-corrected chi connectivity index (χ2v) is 15.6. The third-order valence-corrected chi connectivity index (χ3v) is 12.0. The van der Waals surface area contributed by atoms with Gasteiger partial charge in [0.2, 0.25) is 18.9 Å². The molecule has 3 N–H and O–H groups in total. The van der Waals surface area contributed by atoms with Gasteiger partial charge in [-0.3, -0.25) is 4.79 Å². The molecule has 3 heterocycles. The van der Waals surface area contributed by atoms with Crippen LogP contribution in [0.2, 0.25) is 0 Å². The number of likely N-dealkylation sites (N-methyl/N-ethyl adjacent to an activating group) is 1. The summed E-state index contributed by atoms with van der Waals surface area (Å²) < 4.78 is 37.1. The molecule has 2 fully saturated rings. The number of rotatable bonds is 17. The fourth-order valence-electron chi connectivity index (χ4n) is 9.37. The van der Waals surface area contributed by atoms with Crippen LogP contribution in [-0.4, -0.2) is 97.8 Å². The van der Waals surface area contributed by atoms with Crippen LogP contribution in [0.25, 0.3) is 0 Å². The van der Waals surface area contributed by atoms with E-state index in [0.29, 0.717) is 66.7 Å². The molecule has 5 aliphatic rings. The smallest absolute Gasteiger partial charge is 0.412 e. The molecule has 14 heteroatoms. The second-order valence-electron chi connectivity index (χ2n) is 15.6. The van der Waals surface area contributed by atoms with Gasteiger partial charge in [0.15, 0.2) is 11.5 Å². The molecule has 0 bridgehead atoms. The fourth-order valence-corrected chi connectivity index (χ4v) is 9.37. The Hall–Kier alpha value is -4.63. The highest BCUT2D eigenvalue weighted by Crippen LogP contribution is 2.62. The molecule has 7 unspecified atom stereocenters. The average molecular weight is 804 g/mol. The van der Waals surface area contributed by atoms with Crippen molar-refractivity contribution in [3.63, 3.8) is 0 Å². The zero-order valence-electron chi connectivity index (χ0n) is 33.6. The van der Waals surface area contributed by atoms with Gasteiger partial charge in [0.25, 0.3) is 5.91 Å². The van der Waals surface area contributed by atoms with Gasteiger partial charge in [-0.1, -0.05) is 30.1 Å². The zero-order chi connectivity index (χ0) is 40.6. The zero-order valence-corrected chi connectivity index (χ0v) is 33.6. The largest absolute Gasteiger partial charge is 0.459 e. The van der Waals surface area contributed by atoms with Crippen molar-refractivity contribution < 1.29 is 53.1 Å².